The number of amides is 1. The van der Waals surface area contributed by atoms with E-state index < -0.39 is 10.0 Å². The first-order valence-electron chi connectivity index (χ1n) is 7.65. The average molecular weight is 366 g/mol. The van der Waals surface area contributed by atoms with Gasteiger partial charge in [-0.25, -0.2) is 17.8 Å². The lowest BCUT2D eigenvalue weighted by Crippen LogP contribution is -2.31. The summed E-state index contributed by atoms with van der Waals surface area (Å²) in [6, 6.07) is 7.50. The number of rotatable bonds is 8. The van der Waals surface area contributed by atoms with E-state index in [1.54, 1.807) is 25.0 Å². The second-order valence-electron chi connectivity index (χ2n) is 5.66. The van der Waals surface area contributed by atoms with Gasteiger partial charge in [-0.3, -0.25) is 4.79 Å². The highest BCUT2D eigenvalue weighted by atomic mass is 32.2. The van der Waals surface area contributed by atoms with E-state index in [0.29, 0.717) is 6.54 Å². The maximum atomic E-state index is 12.0. The molecule has 136 valence electrons. The molecule has 0 aliphatic carbocycles. The van der Waals surface area contributed by atoms with E-state index in [0.717, 1.165) is 23.3 Å². The molecule has 0 aliphatic heterocycles. The molecule has 0 atom stereocenters. The highest BCUT2D eigenvalue weighted by Crippen LogP contribution is 2.16. The summed E-state index contributed by atoms with van der Waals surface area (Å²) in [7, 11) is -0.00548. The predicted molar refractivity (Wildman–Crippen MR) is 94.1 cm³/mol. The van der Waals surface area contributed by atoms with Crippen LogP contribution in [0.3, 0.4) is 0 Å². The molecule has 2 aromatic rings. The molecule has 1 aromatic carbocycles. The topological polar surface area (TPSA) is 93.5 Å². The standard InChI is InChI=1S/C16H22N4O4S/c1-19(16(21)7-8-18-25(3,22)23)11-13-10-17-20(12-13)14-5-4-6-15(9-14)24-2/h4-6,9-10,12,18H,7-8,11H2,1-3H3. The summed E-state index contributed by atoms with van der Waals surface area (Å²) in [5, 5.41) is 4.30. The van der Waals surface area contributed by atoms with Crippen LogP contribution in [0.15, 0.2) is 36.7 Å². The van der Waals surface area contributed by atoms with Crippen LogP contribution in [0.4, 0.5) is 0 Å². The number of hydrogen-bond donors (Lipinski definition) is 1. The number of aromatic nitrogens is 2. The van der Waals surface area contributed by atoms with Gasteiger partial charge in [0, 0.05) is 44.4 Å². The number of benzene rings is 1. The third kappa shape index (κ3) is 5.87. The number of carbonyl (C=O) groups excluding carboxylic acids is 1. The molecule has 8 nitrogen and oxygen atoms in total. The predicted octanol–water partition coefficient (Wildman–Crippen LogP) is 0.779. The van der Waals surface area contributed by atoms with Crippen LogP contribution in [0.5, 0.6) is 5.75 Å². The minimum atomic E-state index is -3.28. The van der Waals surface area contributed by atoms with E-state index in [9.17, 15) is 13.2 Å². The molecular formula is C16H22N4O4S. The van der Waals surface area contributed by atoms with Crippen LogP contribution in [-0.4, -0.2) is 56.0 Å². The molecule has 0 fully saturated rings. The largest absolute Gasteiger partial charge is 0.497 e. The first kappa shape index (κ1) is 18.9. The Labute approximate surface area is 147 Å². The second kappa shape index (κ2) is 8.13. The molecule has 1 N–H and O–H groups in total. The highest BCUT2D eigenvalue weighted by Gasteiger charge is 2.12. The van der Waals surface area contributed by atoms with E-state index in [-0.39, 0.29) is 18.9 Å². The fraction of sp³-hybridized carbons (Fsp3) is 0.375. The Morgan fingerprint density at radius 3 is 2.84 bits per heavy atom. The first-order chi connectivity index (χ1) is 11.8. The van der Waals surface area contributed by atoms with Crippen molar-refractivity contribution >= 4 is 15.9 Å². The molecule has 0 bridgehead atoms. The molecule has 25 heavy (non-hydrogen) atoms. The number of methoxy groups -OCH3 is 1. The van der Waals surface area contributed by atoms with Crippen molar-refractivity contribution in [3.05, 3.63) is 42.2 Å². The summed E-state index contributed by atoms with van der Waals surface area (Å²) in [6.07, 6.45) is 4.70. The van der Waals surface area contributed by atoms with Crippen LogP contribution in [0, 0.1) is 0 Å². The van der Waals surface area contributed by atoms with Crippen LogP contribution < -0.4 is 9.46 Å². The van der Waals surface area contributed by atoms with Gasteiger partial charge in [-0.2, -0.15) is 5.10 Å². The van der Waals surface area contributed by atoms with Crippen molar-refractivity contribution in [2.75, 3.05) is 27.0 Å². The minimum absolute atomic E-state index is 0.0884. The van der Waals surface area contributed by atoms with Crippen molar-refractivity contribution in [2.24, 2.45) is 0 Å². The third-order valence-electron chi connectivity index (χ3n) is 3.50. The van der Waals surface area contributed by atoms with Crippen molar-refractivity contribution in [3.63, 3.8) is 0 Å². The molecule has 2 rings (SSSR count). The van der Waals surface area contributed by atoms with E-state index >= 15 is 0 Å². The summed E-state index contributed by atoms with van der Waals surface area (Å²) in [6.45, 7) is 0.479. The van der Waals surface area contributed by atoms with Crippen molar-refractivity contribution in [1.29, 1.82) is 0 Å². The molecule has 1 amide bonds. The quantitative estimate of drug-likeness (QED) is 0.745. The van der Waals surface area contributed by atoms with Crippen molar-refractivity contribution in [2.45, 2.75) is 13.0 Å². The summed E-state index contributed by atoms with van der Waals surface area (Å²) < 4.78 is 31.2. The fourth-order valence-electron chi connectivity index (χ4n) is 2.23. The molecule has 0 saturated heterocycles. The lowest BCUT2D eigenvalue weighted by molar-refractivity contribution is -0.130. The van der Waals surface area contributed by atoms with Gasteiger partial charge in [0.2, 0.25) is 15.9 Å². The summed E-state index contributed by atoms with van der Waals surface area (Å²) in [5.41, 5.74) is 1.73. The Balaban J connectivity index is 1.94. The molecule has 0 saturated carbocycles. The summed E-state index contributed by atoms with van der Waals surface area (Å²) in [4.78, 5) is 13.6. The number of carbonyl (C=O) groups is 1. The van der Waals surface area contributed by atoms with E-state index in [1.807, 2.05) is 30.5 Å². The average Bonchev–Trinajstić information content (AvgIpc) is 3.02. The van der Waals surface area contributed by atoms with Gasteiger partial charge in [0.25, 0.3) is 0 Å². The minimum Gasteiger partial charge on any atom is -0.497 e. The number of hydrogen-bond acceptors (Lipinski definition) is 5. The maximum Gasteiger partial charge on any atom is 0.223 e. The zero-order valence-electron chi connectivity index (χ0n) is 14.5. The molecule has 0 unspecified atom stereocenters. The Kier molecular flexibility index (Phi) is 6.16. The van der Waals surface area contributed by atoms with Gasteiger partial charge < -0.3 is 9.64 Å². The van der Waals surface area contributed by atoms with Gasteiger partial charge in [-0.1, -0.05) is 6.07 Å². The molecule has 1 heterocycles. The molecule has 0 aliphatic rings. The normalized spacial score (nSPS) is 11.3. The third-order valence-corrected chi connectivity index (χ3v) is 4.23. The van der Waals surface area contributed by atoms with E-state index in [4.69, 9.17) is 4.74 Å². The molecular weight excluding hydrogens is 344 g/mol. The second-order valence-corrected chi connectivity index (χ2v) is 7.49. The van der Waals surface area contributed by atoms with Crippen molar-refractivity contribution in [1.82, 2.24) is 19.4 Å². The number of nitrogens with one attached hydrogen (secondary N) is 1. The van der Waals surface area contributed by atoms with Crippen molar-refractivity contribution < 1.29 is 17.9 Å². The lowest BCUT2D eigenvalue weighted by Gasteiger charge is -2.16. The summed E-state index contributed by atoms with van der Waals surface area (Å²) >= 11 is 0. The van der Waals surface area contributed by atoms with Gasteiger partial charge in [-0.15, -0.1) is 0 Å². The number of ether oxygens (including phenoxy) is 1. The Morgan fingerprint density at radius 2 is 2.16 bits per heavy atom. The van der Waals surface area contributed by atoms with E-state index in [1.165, 1.54) is 4.90 Å². The Hall–Kier alpha value is -2.39. The fourth-order valence-corrected chi connectivity index (χ4v) is 2.71. The van der Waals surface area contributed by atoms with Crippen LogP contribution >= 0.6 is 0 Å². The van der Waals surface area contributed by atoms with Crippen LogP contribution in [0.2, 0.25) is 0 Å². The van der Waals surface area contributed by atoms with Crippen LogP contribution in [0.1, 0.15) is 12.0 Å². The number of sulfonamides is 1. The van der Waals surface area contributed by atoms with E-state index in [2.05, 4.69) is 9.82 Å². The molecule has 1 aromatic heterocycles. The van der Waals surface area contributed by atoms with Crippen LogP contribution in [0.25, 0.3) is 5.69 Å². The van der Waals surface area contributed by atoms with Gasteiger partial charge in [0.1, 0.15) is 5.75 Å². The highest BCUT2D eigenvalue weighted by molar-refractivity contribution is 7.88. The Morgan fingerprint density at radius 1 is 1.40 bits per heavy atom. The smallest absolute Gasteiger partial charge is 0.223 e. The van der Waals surface area contributed by atoms with Gasteiger partial charge >= 0.3 is 0 Å². The molecule has 9 heteroatoms. The summed E-state index contributed by atoms with van der Waals surface area (Å²) in [5.74, 6) is 0.588. The Bertz CT molecular complexity index is 832. The lowest BCUT2D eigenvalue weighted by atomic mass is 10.3. The maximum absolute atomic E-state index is 12.0. The SMILES string of the molecule is COc1cccc(-n2cc(CN(C)C(=O)CCNS(C)(=O)=O)cn2)c1. The van der Waals surface area contributed by atoms with Gasteiger partial charge in [0.15, 0.2) is 0 Å². The first-order valence-corrected chi connectivity index (χ1v) is 9.54. The van der Waals surface area contributed by atoms with Crippen molar-refractivity contribution in [3.8, 4) is 11.4 Å². The zero-order chi connectivity index (χ0) is 18.4. The monoisotopic (exact) mass is 366 g/mol. The van der Waals surface area contributed by atoms with Gasteiger partial charge in [-0.05, 0) is 12.1 Å². The molecule has 0 spiro atoms. The van der Waals surface area contributed by atoms with Crippen LogP contribution in [-0.2, 0) is 21.4 Å². The molecule has 0 radical (unpaired) electrons. The number of nitrogens with zero attached hydrogens (tertiary/aromatic N) is 3. The zero-order valence-corrected chi connectivity index (χ0v) is 15.3. The van der Waals surface area contributed by atoms with Gasteiger partial charge in [0.05, 0.1) is 25.2 Å².